The summed E-state index contributed by atoms with van der Waals surface area (Å²) in [7, 11) is 0. The highest BCUT2D eigenvalue weighted by atomic mass is 16.3. The van der Waals surface area contributed by atoms with Crippen molar-refractivity contribution in [3.63, 3.8) is 0 Å². The van der Waals surface area contributed by atoms with Crippen LogP contribution in [0, 0.1) is 0 Å². The van der Waals surface area contributed by atoms with Crippen LogP contribution in [0.25, 0.3) is 87.6 Å². The lowest BCUT2D eigenvalue weighted by molar-refractivity contribution is 0.670. The molecule has 2 aliphatic carbocycles. The second kappa shape index (κ2) is 9.37. The van der Waals surface area contributed by atoms with Gasteiger partial charge in [0.25, 0.3) is 0 Å². The summed E-state index contributed by atoms with van der Waals surface area (Å²) >= 11 is 0. The second-order valence-corrected chi connectivity index (χ2v) is 13.9. The normalized spacial score (nSPS) is 15.7. The molecule has 0 amide bonds. The Bertz CT molecular complexity index is 3100. The highest BCUT2D eigenvalue weighted by molar-refractivity contribution is 6.26. The molecular formula is C49H28O. The largest absolute Gasteiger partial charge is 0.455 e. The maximum atomic E-state index is 6.52. The summed E-state index contributed by atoms with van der Waals surface area (Å²) in [5.41, 5.74) is 14.4. The first-order valence-corrected chi connectivity index (χ1v) is 17.4. The lowest BCUT2D eigenvalue weighted by Gasteiger charge is -2.31. The zero-order valence-electron chi connectivity index (χ0n) is 27.1. The number of benzene rings is 9. The fourth-order valence-electron chi connectivity index (χ4n) is 9.68. The lowest BCUT2D eigenvalue weighted by atomic mass is 9.70. The van der Waals surface area contributed by atoms with Gasteiger partial charge in [0.05, 0.1) is 5.41 Å². The van der Waals surface area contributed by atoms with Crippen LogP contribution in [-0.2, 0) is 5.41 Å². The predicted molar refractivity (Wildman–Crippen MR) is 208 cm³/mol. The zero-order chi connectivity index (χ0) is 32.6. The van der Waals surface area contributed by atoms with Crippen LogP contribution >= 0.6 is 0 Å². The highest BCUT2D eigenvalue weighted by Gasteiger charge is 2.51. The number of rotatable bonds is 1. The minimum atomic E-state index is -0.428. The molecule has 0 saturated carbocycles. The van der Waals surface area contributed by atoms with Crippen molar-refractivity contribution >= 4 is 54.3 Å². The second-order valence-electron chi connectivity index (χ2n) is 13.9. The van der Waals surface area contributed by atoms with Crippen LogP contribution in [0.1, 0.15) is 22.3 Å². The smallest absolute Gasteiger partial charge is 0.143 e. The van der Waals surface area contributed by atoms with Gasteiger partial charge in [-0.1, -0.05) is 146 Å². The van der Waals surface area contributed by atoms with Crippen molar-refractivity contribution in [3.05, 3.63) is 192 Å². The molecular weight excluding hydrogens is 605 g/mol. The van der Waals surface area contributed by atoms with E-state index in [-0.39, 0.29) is 0 Å². The van der Waals surface area contributed by atoms with Crippen LogP contribution in [-0.4, -0.2) is 0 Å². The Morgan fingerprint density at radius 3 is 1.50 bits per heavy atom. The number of hydrogen-bond donors (Lipinski definition) is 0. The molecule has 0 fully saturated rings. The molecule has 0 bridgehead atoms. The molecule has 1 aromatic heterocycles. The van der Waals surface area contributed by atoms with Gasteiger partial charge in [0.2, 0.25) is 0 Å². The minimum Gasteiger partial charge on any atom is -0.455 e. The Hall–Kier alpha value is -6.44. The van der Waals surface area contributed by atoms with E-state index in [1.54, 1.807) is 0 Å². The first-order chi connectivity index (χ1) is 24.8. The minimum absolute atomic E-state index is 0.428. The maximum Gasteiger partial charge on any atom is 0.143 e. The molecule has 9 aromatic carbocycles. The third kappa shape index (κ3) is 3.14. The Labute approximate surface area is 288 Å². The molecule has 10 aromatic rings. The SMILES string of the molecule is c1ccc2c(c1)-c1cc(-c3cccc4c3oc3ccccc34)ccc1C21c2ccccc2-c2cc3c4ccccc4c4ccccc4c3cc21. The van der Waals surface area contributed by atoms with Crippen molar-refractivity contribution in [2.24, 2.45) is 0 Å². The van der Waals surface area contributed by atoms with Crippen molar-refractivity contribution in [1.82, 2.24) is 0 Å². The Morgan fingerprint density at radius 2 is 0.800 bits per heavy atom. The van der Waals surface area contributed by atoms with Crippen molar-refractivity contribution in [2.75, 3.05) is 0 Å². The van der Waals surface area contributed by atoms with Crippen LogP contribution in [0.15, 0.2) is 174 Å². The molecule has 1 atom stereocenters. The van der Waals surface area contributed by atoms with Gasteiger partial charge in [0.15, 0.2) is 0 Å². The Kier molecular flexibility index (Phi) is 4.97. The highest BCUT2D eigenvalue weighted by Crippen LogP contribution is 2.64. The summed E-state index contributed by atoms with van der Waals surface area (Å²) in [6.07, 6.45) is 0. The number of furan rings is 1. The standard InChI is InChI=1S/C49H28O/c1-3-14-33-31(12-1)32-13-2-4-15-34(32)40-28-46-42(27-39(33)40)36-17-6-9-22-44(36)49(46)43-21-8-5-16-35(43)41-26-29(24-25-45(41)49)30-19-11-20-38-37-18-7-10-23-47(37)50-48(30)38/h1-28H. The van der Waals surface area contributed by atoms with Gasteiger partial charge in [-0.2, -0.15) is 0 Å². The monoisotopic (exact) mass is 632 g/mol. The van der Waals surface area contributed by atoms with E-state index in [0.29, 0.717) is 0 Å². The van der Waals surface area contributed by atoms with Crippen LogP contribution in [0.3, 0.4) is 0 Å². The quantitative estimate of drug-likeness (QED) is 0.164. The van der Waals surface area contributed by atoms with Crippen molar-refractivity contribution in [1.29, 1.82) is 0 Å². The average molecular weight is 633 g/mol. The lowest BCUT2D eigenvalue weighted by Crippen LogP contribution is -2.25. The van der Waals surface area contributed by atoms with Crippen molar-refractivity contribution in [2.45, 2.75) is 5.41 Å². The molecule has 0 N–H and O–H groups in total. The number of fused-ring (bicyclic) bond motifs is 19. The fraction of sp³-hybridized carbons (Fsp3) is 0.0204. The topological polar surface area (TPSA) is 13.1 Å². The molecule has 2 aliphatic rings. The molecule has 1 heteroatoms. The molecule has 1 unspecified atom stereocenters. The summed E-state index contributed by atoms with van der Waals surface area (Å²) in [5, 5.41) is 10.1. The summed E-state index contributed by atoms with van der Waals surface area (Å²) in [4.78, 5) is 0. The molecule has 0 saturated heterocycles. The van der Waals surface area contributed by atoms with Crippen molar-refractivity contribution in [3.8, 4) is 33.4 Å². The van der Waals surface area contributed by atoms with Gasteiger partial charge in [-0.3, -0.25) is 0 Å². The van der Waals surface area contributed by atoms with Crippen LogP contribution in [0.2, 0.25) is 0 Å². The van der Waals surface area contributed by atoms with Gasteiger partial charge < -0.3 is 4.42 Å². The number of hydrogen-bond acceptors (Lipinski definition) is 1. The first kappa shape index (κ1) is 26.5. The molecule has 12 rings (SSSR count). The van der Waals surface area contributed by atoms with Gasteiger partial charge in [-0.15, -0.1) is 0 Å². The van der Waals surface area contributed by atoms with Gasteiger partial charge in [0.1, 0.15) is 11.2 Å². The molecule has 50 heavy (non-hydrogen) atoms. The Balaban J connectivity index is 1.19. The predicted octanol–water partition coefficient (Wildman–Crippen LogP) is 13.1. The summed E-state index contributed by atoms with van der Waals surface area (Å²) in [6, 6.07) is 63.0. The van der Waals surface area contributed by atoms with E-state index in [0.717, 1.165) is 27.5 Å². The van der Waals surface area contributed by atoms with E-state index < -0.39 is 5.41 Å². The molecule has 1 nitrogen and oxygen atoms in total. The van der Waals surface area contributed by atoms with Gasteiger partial charge in [0, 0.05) is 16.3 Å². The molecule has 1 spiro atoms. The van der Waals surface area contributed by atoms with E-state index in [4.69, 9.17) is 4.42 Å². The van der Waals surface area contributed by atoms with E-state index in [1.807, 2.05) is 6.07 Å². The van der Waals surface area contributed by atoms with Crippen LogP contribution in [0.4, 0.5) is 0 Å². The Morgan fingerprint density at radius 1 is 0.300 bits per heavy atom. The first-order valence-electron chi connectivity index (χ1n) is 17.4. The summed E-state index contributed by atoms with van der Waals surface area (Å²) < 4.78 is 6.52. The zero-order valence-corrected chi connectivity index (χ0v) is 27.1. The third-order valence-electron chi connectivity index (χ3n) is 11.7. The van der Waals surface area contributed by atoms with Crippen molar-refractivity contribution < 1.29 is 4.42 Å². The van der Waals surface area contributed by atoms with E-state index in [9.17, 15) is 0 Å². The van der Waals surface area contributed by atoms with Crippen LogP contribution in [0.5, 0.6) is 0 Å². The van der Waals surface area contributed by atoms with E-state index in [2.05, 4.69) is 164 Å². The third-order valence-corrected chi connectivity index (χ3v) is 11.7. The number of para-hydroxylation sites is 2. The van der Waals surface area contributed by atoms with Gasteiger partial charge in [-0.05, 0) is 107 Å². The molecule has 0 radical (unpaired) electrons. The molecule has 0 aliphatic heterocycles. The maximum absolute atomic E-state index is 6.52. The van der Waals surface area contributed by atoms with E-state index >= 15 is 0 Å². The summed E-state index contributed by atoms with van der Waals surface area (Å²) in [6.45, 7) is 0. The van der Waals surface area contributed by atoms with Crippen LogP contribution < -0.4 is 0 Å². The van der Waals surface area contributed by atoms with Gasteiger partial charge in [-0.25, -0.2) is 0 Å². The molecule has 230 valence electrons. The average Bonchev–Trinajstić information content (AvgIpc) is 3.81. The summed E-state index contributed by atoms with van der Waals surface area (Å²) in [5.74, 6) is 0. The molecule has 1 heterocycles. The fourth-order valence-corrected chi connectivity index (χ4v) is 9.68. The van der Waals surface area contributed by atoms with Gasteiger partial charge >= 0.3 is 0 Å². The van der Waals surface area contributed by atoms with E-state index in [1.165, 1.54) is 82.4 Å².